The number of carbonyl (C=O) groups is 1. The Morgan fingerprint density at radius 1 is 0.938 bits per heavy atom. The Morgan fingerprint density at radius 2 is 1.52 bits per heavy atom. The highest BCUT2D eigenvalue weighted by Crippen LogP contribution is 2.42. The number of benzene rings is 2. The summed E-state index contributed by atoms with van der Waals surface area (Å²) in [6.45, 7) is 2.05. The van der Waals surface area contributed by atoms with E-state index in [0.29, 0.717) is 106 Å². The maximum Gasteiger partial charge on any atom is 0.237 e. The zero-order valence-corrected chi connectivity index (χ0v) is 28.1. The van der Waals surface area contributed by atoms with Crippen molar-refractivity contribution >= 4 is 29.1 Å². The second-order valence-corrected chi connectivity index (χ2v) is 12.6. The van der Waals surface area contributed by atoms with Gasteiger partial charge in [-0.3, -0.25) is 19.7 Å². The Hall–Kier alpha value is -3.94. The van der Waals surface area contributed by atoms with E-state index >= 15 is 0 Å². The van der Waals surface area contributed by atoms with Crippen LogP contribution in [0.1, 0.15) is 30.7 Å². The maximum atomic E-state index is 14.1. The van der Waals surface area contributed by atoms with Crippen LogP contribution >= 0.6 is 23.2 Å². The molecule has 0 spiro atoms. The fourth-order valence-corrected chi connectivity index (χ4v) is 6.64. The lowest BCUT2D eigenvalue weighted by molar-refractivity contribution is -0.119. The zero-order valence-electron chi connectivity index (χ0n) is 26.5. The van der Waals surface area contributed by atoms with Gasteiger partial charge in [-0.1, -0.05) is 59.6 Å². The molecule has 48 heavy (non-hydrogen) atoms. The molecule has 0 radical (unpaired) electrons. The Morgan fingerprint density at radius 3 is 2.08 bits per heavy atom. The lowest BCUT2D eigenvalue weighted by Crippen LogP contribution is -2.44. The second kappa shape index (κ2) is 15.1. The number of ether oxygens (including phenoxy) is 2. The number of methoxy groups -OCH3 is 2. The van der Waals surface area contributed by atoms with Gasteiger partial charge in [-0.15, -0.1) is 0 Å². The maximum absolute atomic E-state index is 14.1. The third-order valence-corrected chi connectivity index (χ3v) is 9.40. The first-order valence-corrected chi connectivity index (χ1v) is 16.4. The lowest BCUT2D eigenvalue weighted by Gasteiger charge is -2.31. The zero-order chi connectivity index (χ0) is 33.8. The fraction of sp³-hybridized carbons (Fsp3) is 0.382. The van der Waals surface area contributed by atoms with Gasteiger partial charge in [-0.2, -0.15) is 0 Å². The minimum Gasteiger partial charge on any atom is -0.480 e. The SMILES string of the molecule is COc1nc(-c2cccc(-c3cccc(-c4cnc(CN5CC[C@@H](O)[C@H](F)C5)c(OC)n4)c3Cl)c2Cl)cnc1CNCC1CCC(=O)N1. The van der Waals surface area contributed by atoms with E-state index in [1.165, 1.54) is 7.11 Å². The molecule has 0 bridgehead atoms. The van der Waals surface area contributed by atoms with Gasteiger partial charge in [-0.05, 0) is 12.8 Å². The first-order valence-electron chi connectivity index (χ1n) is 15.7. The van der Waals surface area contributed by atoms with Gasteiger partial charge >= 0.3 is 0 Å². The van der Waals surface area contributed by atoms with Gasteiger partial charge in [-0.25, -0.2) is 14.4 Å². The molecule has 1 unspecified atom stereocenters. The number of carbonyl (C=O) groups excluding carboxylic acids is 1. The Kier molecular flexibility index (Phi) is 10.7. The highest BCUT2D eigenvalue weighted by molar-refractivity contribution is 6.39. The Bertz CT molecular complexity index is 1800. The van der Waals surface area contributed by atoms with Crippen LogP contribution in [0.3, 0.4) is 0 Å². The predicted molar refractivity (Wildman–Crippen MR) is 181 cm³/mol. The molecule has 2 fully saturated rings. The number of nitrogens with one attached hydrogen (secondary N) is 2. The van der Waals surface area contributed by atoms with Crippen molar-refractivity contribution in [2.45, 2.75) is 50.7 Å². The molecule has 0 saturated carbocycles. The van der Waals surface area contributed by atoms with E-state index < -0.39 is 12.3 Å². The summed E-state index contributed by atoms with van der Waals surface area (Å²) in [4.78, 5) is 32.0. The molecule has 4 heterocycles. The molecule has 1 amide bonds. The van der Waals surface area contributed by atoms with Gasteiger partial charge in [0.2, 0.25) is 17.7 Å². The van der Waals surface area contributed by atoms with E-state index in [1.807, 2.05) is 41.3 Å². The van der Waals surface area contributed by atoms with Crippen LogP contribution in [0.4, 0.5) is 4.39 Å². The van der Waals surface area contributed by atoms with Crippen LogP contribution < -0.4 is 20.1 Å². The van der Waals surface area contributed by atoms with Crippen LogP contribution in [0.25, 0.3) is 33.6 Å². The van der Waals surface area contributed by atoms with Crippen molar-refractivity contribution in [3.05, 3.63) is 70.2 Å². The van der Waals surface area contributed by atoms with E-state index in [2.05, 4.69) is 20.6 Å². The highest BCUT2D eigenvalue weighted by Gasteiger charge is 2.28. The average Bonchev–Trinajstić information content (AvgIpc) is 3.51. The second-order valence-electron chi connectivity index (χ2n) is 11.8. The summed E-state index contributed by atoms with van der Waals surface area (Å²) in [6, 6.07) is 11.3. The van der Waals surface area contributed by atoms with Gasteiger partial charge in [0.1, 0.15) is 17.6 Å². The van der Waals surface area contributed by atoms with Crippen LogP contribution in [-0.2, 0) is 17.9 Å². The quantitative estimate of drug-likeness (QED) is 0.200. The minimum atomic E-state index is -1.31. The van der Waals surface area contributed by atoms with Crippen LogP contribution in [0, 0.1) is 0 Å². The number of alkyl halides is 1. The highest BCUT2D eigenvalue weighted by atomic mass is 35.5. The number of amides is 1. The van der Waals surface area contributed by atoms with Gasteiger partial charge in [0.25, 0.3) is 0 Å². The molecular weight excluding hydrogens is 660 g/mol. The molecule has 2 saturated heterocycles. The molecule has 6 rings (SSSR count). The van der Waals surface area contributed by atoms with Gasteiger partial charge in [0, 0.05) is 67.4 Å². The number of halogens is 3. The molecule has 2 aliphatic heterocycles. The summed E-state index contributed by atoms with van der Waals surface area (Å²) in [7, 11) is 3.05. The van der Waals surface area contributed by atoms with Crippen molar-refractivity contribution < 1.29 is 23.8 Å². The third kappa shape index (κ3) is 7.37. The van der Waals surface area contributed by atoms with Crippen LogP contribution in [0.15, 0.2) is 48.8 Å². The van der Waals surface area contributed by atoms with Crippen LogP contribution in [0.5, 0.6) is 11.8 Å². The number of nitrogens with zero attached hydrogens (tertiary/aromatic N) is 5. The summed E-state index contributed by atoms with van der Waals surface area (Å²) in [5, 5.41) is 16.9. The van der Waals surface area contributed by atoms with E-state index in [1.54, 1.807) is 19.5 Å². The van der Waals surface area contributed by atoms with Crippen molar-refractivity contribution in [1.82, 2.24) is 35.5 Å². The molecule has 14 heteroatoms. The van der Waals surface area contributed by atoms with E-state index in [-0.39, 0.29) is 18.5 Å². The van der Waals surface area contributed by atoms with Crippen molar-refractivity contribution in [2.24, 2.45) is 0 Å². The monoisotopic (exact) mass is 695 g/mol. The van der Waals surface area contributed by atoms with Crippen LogP contribution in [0.2, 0.25) is 10.0 Å². The van der Waals surface area contributed by atoms with Gasteiger partial charge in [0.15, 0.2) is 0 Å². The van der Waals surface area contributed by atoms with Gasteiger partial charge < -0.3 is 25.2 Å². The summed E-state index contributed by atoms with van der Waals surface area (Å²) >= 11 is 14.0. The molecule has 4 aromatic rings. The largest absolute Gasteiger partial charge is 0.480 e. The van der Waals surface area contributed by atoms with Gasteiger partial charge in [0.05, 0.1) is 54.2 Å². The molecule has 252 valence electrons. The standard InChI is InChI=1S/C34H36Cl2FN7O4/c1-47-33-27(14-38-13-19-9-10-30(46)41-19)39-15-25(42-33)22-7-3-5-20(31(22)35)21-6-4-8-23(32(21)36)26-16-40-28(34(43-26)48-2)18-44-12-11-29(45)24(37)17-44/h3-8,15-16,19,24,29,38,45H,9-14,17-18H2,1-2H3,(H,41,46)/t19?,24-,29-/m1/s1. The number of hydrogen-bond acceptors (Lipinski definition) is 10. The van der Waals surface area contributed by atoms with Crippen molar-refractivity contribution in [2.75, 3.05) is 33.9 Å². The number of aromatic nitrogens is 4. The average molecular weight is 697 g/mol. The Balaban J connectivity index is 1.23. The first kappa shape index (κ1) is 33.9. The van der Waals surface area contributed by atoms with Crippen molar-refractivity contribution in [1.29, 1.82) is 0 Å². The van der Waals surface area contributed by atoms with E-state index in [4.69, 9.17) is 42.6 Å². The number of hydrogen-bond donors (Lipinski definition) is 3. The number of rotatable bonds is 11. The summed E-state index contributed by atoms with van der Waals surface area (Å²) < 4.78 is 25.2. The summed E-state index contributed by atoms with van der Waals surface area (Å²) in [6.07, 6.45) is 2.73. The van der Waals surface area contributed by atoms with Crippen LogP contribution in [-0.4, -0.2) is 88.0 Å². The molecule has 11 nitrogen and oxygen atoms in total. The molecule has 3 atom stereocenters. The molecule has 2 aromatic carbocycles. The lowest BCUT2D eigenvalue weighted by atomic mass is 9.98. The molecule has 0 aliphatic carbocycles. The molecular formula is C34H36Cl2FN7O4. The Labute approximate surface area is 287 Å². The number of aliphatic hydroxyl groups is 1. The van der Waals surface area contributed by atoms with E-state index in [9.17, 15) is 14.3 Å². The molecule has 3 N–H and O–H groups in total. The summed E-state index contributed by atoms with van der Waals surface area (Å²) in [5.41, 5.74) is 4.90. The van der Waals surface area contributed by atoms with Crippen molar-refractivity contribution in [3.8, 4) is 45.4 Å². The normalized spacial score (nSPS) is 19.7. The number of aliphatic hydroxyl groups excluding tert-OH is 1. The minimum absolute atomic E-state index is 0.0736. The smallest absolute Gasteiger partial charge is 0.237 e. The predicted octanol–water partition coefficient (Wildman–Crippen LogP) is 4.86. The van der Waals surface area contributed by atoms with Crippen molar-refractivity contribution in [3.63, 3.8) is 0 Å². The topological polar surface area (TPSA) is 135 Å². The fourth-order valence-electron chi connectivity index (χ4n) is 5.99. The summed E-state index contributed by atoms with van der Waals surface area (Å²) in [5.74, 6) is 0.756. The number of likely N-dealkylation sites (tertiary alicyclic amines) is 1. The number of piperidine rings is 1. The third-order valence-electron chi connectivity index (χ3n) is 8.58. The molecule has 2 aliphatic rings. The van der Waals surface area contributed by atoms with E-state index in [0.717, 1.165) is 6.42 Å². The molecule has 2 aromatic heterocycles. The first-order chi connectivity index (χ1) is 23.2.